The molecular formula is C19H22ClNO2. The molecule has 0 saturated carbocycles. The lowest BCUT2D eigenvalue weighted by atomic mass is 10.0. The van der Waals surface area contributed by atoms with Crippen molar-refractivity contribution in [3.05, 3.63) is 58.6 Å². The number of hydrogen-bond acceptors (Lipinski definition) is 2. The fourth-order valence-electron chi connectivity index (χ4n) is 2.30. The van der Waals surface area contributed by atoms with Gasteiger partial charge in [-0.25, -0.2) is 0 Å². The van der Waals surface area contributed by atoms with Crippen LogP contribution in [0.25, 0.3) is 0 Å². The van der Waals surface area contributed by atoms with E-state index >= 15 is 0 Å². The van der Waals surface area contributed by atoms with Crippen molar-refractivity contribution in [2.24, 2.45) is 0 Å². The van der Waals surface area contributed by atoms with Gasteiger partial charge in [-0.15, -0.1) is 0 Å². The molecular weight excluding hydrogens is 310 g/mol. The Morgan fingerprint density at radius 2 is 1.83 bits per heavy atom. The highest BCUT2D eigenvalue weighted by molar-refractivity contribution is 6.31. The van der Waals surface area contributed by atoms with Gasteiger partial charge < -0.3 is 10.1 Å². The highest BCUT2D eigenvalue weighted by Gasteiger charge is 2.17. The number of aryl methyl sites for hydroxylation is 1. The predicted octanol–water partition coefficient (Wildman–Crippen LogP) is 5.18. The molecule has 122 valence electrons. The van der Waals surface area contributed by atoms with E-state index in [0.717, 1.165) is 16.8 Å². The van der Waals surface area contributed by atoms with Gasteiger partial charge in [0.15, 0.2) is 6.10 Å². The van der Waals surface area contributed by atoms with Crippen LogP contribution in [0.2, 0.25) is 5.02 Å². The van der Waals surface area contributed by atoms with E-state index in [-0.39, 0.29) is 5.91 Å². The molecule has 0 aliphatic rings. The van der Waals surface area contributed by atoms with E-state index in [4.69, 9.17) is 16.3 Å². The van der Waals surface area contributed by atoms with Crippen LogP contribution < -0.4 is 10.1 Å². The summed E-state index contributed by atoms with van der Waals surface area (Å²) in [4.78, 5) is 12.4. The maximum Gasteiger partial charge on any atom is 0.265 e. The van der Waals surface area contributed by atoms with E-state index in [2.05, 4.69) is 19.2 Å². The summed E-state index contributed by atoms with van der Waals surface area (Å²) in [6, 6.07) is 13.2. The molecule has 2 aromatic carbocycles. The minimum atomic E-state index is -0.601. The van der Waals surface area contributed by atoms with Crippen molar-refractivity contribution in [2.75, 3.05) is 5.32 Å². The third-order valence-corrected chi connectivity index (χ3v) is 4.08. The lowest BCUT2D eigenvalue weighted by Gasteiger charge is -2.18. The monoisotopic (exact) mass is 331 g/mol. The molecule has 2 aromatic rings. The van der Waals surface area contributed by atoms with Crippen molar-refractivity contribution in [2.45, 2.75) is 39.7 Å². The Morgan fingerprint density at radius 3 is 2.48 bits per heavy atom. The quantitative estimate of drug-likeness (QED) is 0.820. The van der Waals surface area contributed by atoms with E-state index in [9.17, 15) is 4.79 Å². The zero-order valence-corrected chi connectivity index (χ0v) is 14.6. The molecule has 0 aliphatic carbocycles. The molecule has 0 spiro atoms. The third-order valence-electron chi connectivity index (χ3n) is 3.65. The molecule has 0 heterocycles. The Hall–Kier alpha value is -2.00. The number of nitrogens with one attached hydrogen (secondary N) is 1. The summed E-state index contributed by atoms with van der Waals surface area (Å²) >= 11 is 6.00. The standard InChI is InChI=1S/C19H22ClNO2/c1-12(2)16-7-5-6-8-18(16)21-19(22)14(4)23-15-9-10-17(20)13(3)11-15/h5-12,14H,1-4H3,(H,21,22). The second-order valence-electron chi connectivity index (χ2n) is 5.90. The Morgan fingerprint density at radius 1 is 1.13 bits per heavy atom. The van der Waals surface area contributed by atoms with Crippen LogP contribution >= 0.6 is 11.6 Å². The first kappa shape index (κ1) is 17.4. The average Bonchev–Trinajstić information content (AvgIpc) is 2.51. The molecule has 23 heavy (non-hydrogen) atoms. The zero-order chi connectivity index (χ0) is 17.0. The summed E-state index contributed by atoms with van der Waals surface area (Å²) in [6.07, 6.45) is -0.601. The molecule has 0 aliphatic heterocycles. The smallest absolute Gasteiger partial charge is 0.265 e. The fourth-order valence-corrected chi connectivity index (χ4v) is 2.41. The second kappa shape index (κ2) is 7.51. The number of carbonyl (C=O) groups excluding carboxylic acids is 1. The van der Waals surface area contributed by atoms with Gasteiger partial charge in [0.05, 0.1) is 0 Å². The van der Waals surface area contributed by atoms with Crippen molar-refractivity contribution in [3.63, 3.8) is 0 Å². The van der Waals surface area contributed by atoms with Crippen LogP contribution in [0.3, 0.4) is 0 Å². The summed E-state index contributed by atoms with van der Waals surface area (Å²) in [6.45, 7) is 7.83. The predicted molar refractivity (Wildman–Crippen MR) is 95.4 cm³/mol. The van der Waals surface area contributed by atoms with Gasteiger partial charge in [0.25, 0.3) is 5.91 Å². The largest absolute Gasteiger partial charge is 0.481 e. The molecule has 0 saturated heterocycles. The van der Waals surface area contributed by atoms with Gasteiger partial charge in [0.2, 0.25) is 0 Å². The van der Waals surface area contributed by atoms with Gasteiger partial charge in [-0.3, -0.25) is 4.79 Å². The van der Waals surface area contributed by atoms with Crippen molar-refractivity contribution >= 4 is 23.2 Å². The molecule has 1 amide bonds. The van der Waals surface area contributed by atoms with Crippen LogP contribution in [0, 0.1) is 6.92 Å². The summed E-state index contributed by atoms with van der Waals surface area (Å²) in [5, 5.41) is 3.63. The molecule has 2 rings (SSSR count). The van der Waals surface area contributed by atoms with Crippen LogP contribution in [0.4, 0.5) is 5.69 Å². The molecule has 0 aromatic heterocycles. The Bertz CT molecular complexity index is 698. The molecule has 0 radical (unpaired) electrons. The zero-order valence-electron chi connectivity index (χ0n) is 13.9. The lowest BCUT2D eigenvalue weighted by Crippen LogP contribution is -2.30. The van der Waals surface area contributed by atoms with E-state index in [0.29, 0.717) is 16.7 Å². The molecule has 1 unspecified atom stereocenters. The van der Waals surface area contributed by atoms with Crippen LogP contribution in [0.5, 0.6) is 5.75 Å². The maximum absolute atomic E-state index is 12.4. The molecule has 0 bridgehead atoms. The Balaban J connectivity index is 2.07. The van der Waals surface area contributed by atoms with Crippen LogP contribution in [-0.4, -0.2) is 12.0 Å². The molecule has 1 atom stereocenters. The number of halogens is 1. The third kappa shape index (κ3) is 4.49. The average molecular weight is 332 g/mol. The van der Waals surface area contributed by atoms with Gasteiger partial charge in [0, 0.05) is 10.7 Å². The Labute approximate surface area is 142 Å². The number of carbonyl (C=O) groups is 1. The number of amides is 1. The normalized spacial score (nSPS) is 12.1. The minimum Gasteiger partial charge on any atom is -0.481 e. The molecule has 4 heteroatoms. The summed E-state index contributed by atoms with van der Waals surface area (Å²) in [7, 11) is 0. The molecule has 0 fully saturated rings. The van der Waals surface area contributed by atoms with Crippen molar-refractivity contribution in [1.82, 2.24) is 0 Å². The SMILES string of the molecule is Cc1cc(OC(C)C(=O)Nc2ccccc2C(C)C)ccc1Cl. The van der Waals surface area contributed by atoms with E-state index in [1.54, 1.807) is 19.1 Å². The summed E-state index contributed by atoms with van der Waals surface area (Å²) < 4.78 is 5.71. The minimum absolute atomic E-state index is 0.175. The fraction of sp³-hybridized carbons (Fsp3) is 0.316. The lowest BCUT2D eigenvalue weighted by molar-refractivity contribution is -0.122. The van der Waals surface area contributed by atoms with Gasteiger partial charge in [-0.1, -0.05) is 43.6 Å². The number of hydrogen-bond donors (Lipinski definition) is 1. The number of anilines is 1. The summed E-state index contributed by atoms with van der Waals surface area (Å²) in [5.74, 6) is 0.791. The first-order valence-corrected chi connectivity index (χ1v) is 8.09. The maximum atomic E-state index is 12.4. The molecule has 1 N–H and O–H groups in total. The number of rotatable bonds is 5. The first-order valence-electron chi connectivity index (χ1n) is 7.71. The van der Waals surface area contributed by atoms with Crippen molar-refractivity contribution in [3.8, 4) is 5.75 Å². The first-order chi connectivity index (χ1) is 10.9. The van der Waals surface area contributed by atoms with Gasteiger partial charge >= 0.3 is 0 Å². The second-order valence-corrected chi connectivity index (χ2v) is 6.31. The van der Waals surface area contributed by atoms with Crippen LogP contribution in [0.1, 0.15) is 37.8 Å². The highest BCUT2D eigenvalue weighted by Crippen LogP contribution is 2.25. The number of para-hydroxylation sites is 1. The molecule has 3 nitrogen and oxygen atoms in total. The number of ether oxygens (including phenoxy) is 1. The van der Waals surface area contributed by atoms with Gasteiger partial charge in [-0.2, -0.15) is 0 Å². The van der Waals surface area contributed by atoms with Crippen LogP contribution in [-0.2, 0) is 4.79 Å². The Kier molecular flexibility index (Phi) is 5.67. The van der Waals surface area contributed by atoms with Gasteiger partial charge in [-0.05, 0) is 55.2 Å². The number of benzene rings is 2. The van der Waals surface area contributed by atoms with Crippen molar-refractivity contribution in [1.29, 1.82) is 0 Å². The topological polar surface area (TPSA) is 38.3 Å². The van der Waals surface area contributed by atoms with E-state index in [1.807, 2.05) is 37.3 Å². The van der Waals surface area contributed by atoms with Gasteiger partial charge in [0.1, 0.15) is 5.75 Å². The van der Waals surface area contributed by atoms with E-state index in [1.165, 1.54) is 0 Å². The van der Waals surface area contributed by atoms with Crippen LogP contribution in [0.15, 0.2) is 42.5 Å². The highest BCUT2D eigenvalue weighted by atomic mass is 35.5. The van der Waals surface area contributed by atoms with Crippen molar-refractivity contribution < 1.29 is 9.53 Å². The summed E-state index contributed by atoms with van der Waals surface area (Å²) in [5.41, 5.74) is 2.85. The van der Waals surface area contributed by atoms with E-state index < -0.39 is 6.10 Å².